The standard InChI is InChI=1S/C17H31N3O/c1-19-8-3-5-14-12-20(9-7-16(14)19)17(21)11-13-4-2-6-15(18)10-13/h13-16H,2-12,18H2,1H3. The number of rotatable bonds is 2. The number of nitrogens with zero attached hydrogens (tertiary/aromatic N) is 2. The molecule has 3 aliphatic rings. The third-order valence-corrected chi connectivity index (χ3v) is 5.99. The summed E-state index contributed by atoms with van der Waals surface area (Å²) in [6.45, 7) is 3.19. The number of carbonyl (C=O) groups is 1. The lowest BCUT2D eigenvalue weighted by Gasteiger charge is -2.46. The Morgan fingerprint density at radius 2 is 2.00 bits per heavy atom. The number of nitrogens with two attached hydrogens (primary N) is 1. The first kappa shape index (κ1) is 15.3. The van der Waals surface area contributed by atoms with Gasteiger partial charge in [0.25, 0.3) is 0 Å². The van der Waals surface area contributed by atoms with Gasteiger partial charge in [0.2, 0.25) is 5.91 Å². The van der Waals surface area contributed by atoms with E-state index < -0.39 is 0 Å². The van der Waals surface area contributed by atoms with Gasteiger partial charge in [-0.05, 0) is 64.0 Å². The third-order valence-electron chi connectivity index (χ3n) is 5.99. The fourth-order valence-corrected chi connectivity index (χ4v) is 4.77. The quantitative estimate of drug-likeness (QED) is 0.845. The zero-order valence-electron chi connectivity index (χ0n) is 13.5. The van der Waals surface area contributed by atoms with Crippen LogP contribution in [0.2, 0.25) is 0 Å². The largest absolute Gasteiger partial charge is 0.342 e. The zero-order valence-corrected chi connectivity index (χ0v) is 13.5. The number of piperidine rings is 2. The molecule has 2 saturated heterocycles. The van der Waals surface area contributed by atoms with Crippen LogP contribution < -0.4 is 5.73 Å². The monoisotopic (exact) mass is 293 g/mol. The molecule has 0 radical (unpaired) electrons. The Morgan fingerprint density at radius 3 is 2.81 bits per heavy atom. The molecule has 0 aromatic heterocycles. The maximum absolute atomic E-state index is 12.6. The molecule has 1 amide bonds. The van der Waals surface area contributed by atoms with Crippen LogP contribution in [0, 0.1) is 11.8 Å². The van der Waals surface area contributed by atoms with Gasteiger partial charge in [-0.1, -0.05) is 6.42 Å². The molecule has 120 valence electrons. The molecule has 2 aliphatic heterocycles. The van der Waals surface area contributed by atoms with E-state index in [-0.39, 0.29) is 0 Å². The zero-order chi connectivity index (χ0) is 14.8. The van der Waals surface area contributed by atoms with Crippen molar-refractivity contribution in [2.24, 2.45) is 17.6 Å². The minimum Gasteiger partial charge on any atom is -0.342 e. The van der Waals surface area contributed by atoms with E-state index in [9.17, 15) is 4.79 Å². The summed E-state index contributed by atoms with van der Waals surface area (Å²) in [4.78, 5) is 17.3. The Hall–Kier alpha value is -0.610. The van der Waals surface area contributed by atoms with Crippen molar-refractivity contribution in [2.75, 3.05) is 26.7 Å². The second-order valence-corrected chi connectivity index (χ2v) is 7.58. The van der Waals surface area contributed by atoms with Crippen molar-refractivity contribution in [1.82, 2.24) is 9.80 Å². The topological polar surface area (TPSA) is 49.6 Å². The van der Waals surface area contributed by atoms with Crippen LogP contribution in [0.3, 0.4) is 0 Å². The van der Waals surface area contributed by atoms with Gasteiger partial charge in [0.1, 0.15) is 0 Å². The van der Waals surface area contributed by atoms with Gasteiger partial charge in [-0.3, -0.25) is 4.79 Å². The fraction of sp³-hybridized carbons (Fsp3) is 0.941. The molecular formula is C17H31N3O. The molecule has 2 heterocycles. The molecule has 1 aliphatic carbocycles. The Balaban J connectivity index is 1.51. The Kier molecular flexibility index (Phi) is 4.85. The summed E-state index contributed by atoms with van der Waals surface area (Å²) < 4.78 is 0. The average Bonchev–Trinajstić information content (AvgIpc) is 2.47. The molecule has 0 aromatic rings. The van der Waals surface area contributed by atoms with Crippen molar-refractivity contribution < 1.29 is 4.79 Å². The van der Waals surface area contributed by atoms with Gasteiger partial charge in [0, 0.05) is 31.6 Å². The lowest BCUT2D eigenvalue weighted by Crippen LogP contribution is -2.54. The minimum absolute atomic E-state index is 0.328. The van der Waals surface area contributed by atoms with E-state index in [1.165, 1.54) is 32.2 Å². The average molecular weight is 293 g/mol. The predicted octanol–water partition coefficient (Wildman–Crippen LogP) is 1.84. The summed E-state index contributed by atoms with van der Waals surface area (Å²) in [5, 5.41) is 0. The van der Waals surface area contributed by atoms with Crippen LogP contribution in [-0.2, 0) is 4.79 Å². The first-order valence-electron chi connectivity index (χ1n) is 8.87. The second-order valence-electron chi connectivity index (χ2n) is 7.58. The SMILES string of the molecule is CN1CCCC2CN(C(=O)CC3CCCC(N)C3)CCC21. The maximum atomic E-state index is 12.6. The molecule has 3 rings (SSSR count). The Bertz CT molecular complexity index is 373. The number of fused-ring (bicyclic) bond motifs is 1. The van der Waals surface area contributed by atoms with E-state index in [0.717, 1.165) is 38.8 Å². The van der Waals surface area contributed by atoms with E-state index in [1.54, 1.807) is 0 Å². The van der Waals surface area contributed by atoms with Crippen molar-refractivity contribution in [3.8, 4) is 0 Å². The molecule has 0 bridgehead atoms. The van der Waals surface area contributed by atoms with Crippen LogP contribution in [0.4, 0.5) is 0 Å². The molecule has 4 heteroatoms. The summed E-state index contributed by atoms with van der Waals surface area (Å²) in [7, 11) is 2.25. The highest BCUT2D eigenvalue weighted by Gasteiger charge is 2.36. The van der Waals surface area contributed by atoms with Gasteiger partial charge in [-0.2, -0.15) is 0 Å². The molecule has 21 heavy (non-hydrogen) atoms. The summed E-state index contributed by atoms with van der Waals surface area (Å²) in [5.74, 6) is 1.63. The number of hydrogen-bond acceptors (Lipinski definition) is 3. The maximum Gasteiger partial charge on any atom is 0.222 e. The lowest BCUT2D eigenvalue weighted by molar-refractivity contribution is -0.136. The van der Waals surface area contributed by atoms with Crippen LogP contribution in [0.25, 0.3) is 0 Å². The first-order valence-corrected chi connectivity index (χ1v) is 8.87. The van der Waals surface area contributed by atoms with E-state index >= 15 is 0 Å². The highest BCUT2D eigenvalue weighted by atomic mass is 16.2. The molecule has 4 nitrogen and oxygen atoms in total. The van der Waals surface area contributed by atoms with Crippen molar-refractivity contribution >= 4 is 5.91 Å². The van der Waals surface area contributed by atoms with E-state index in [2.05, 4.69) is 16.8 Å². The summed E-state index contributed by atoms with van der Waals surface area (Å²) >= 11 is 0. The van der Waals surface area contributed by atoms with E-state index in [0.29, 0.717) is 29.8 Å². The Labute approximate surface area is 129 Å². The van der Waals surface area contributed by atoms with Crippen LogP contribution in [0.15, 0.2) is 0 Å². The highest BCUT2D eigenvalue weighted by molar-refractivity contribution is 5.76. The van der Waals surface area contributed by atoms with Crippen molar-refractivity contribution in [3.63, 3.8) is 0 Å². The van der Waals surface area contributed by atoms with Gasteiger partial charge < -0.3 is 15.5 Å². The fourth-order valence-electron chi connectivity index (χ4n) is 4.77. The normalized spacial score (nSPS) is 38.1. The lowest BCUT2D eigenvalue weighted by atomic mass is 9.82. The van der Waals surface area contributed by atoms with Crippen LogP contribution in [-0.4, -0.2) is 54.5 Å². The van der Waals surface area contributed by atoms with Gasteiger partial charge >= 0.3 is 0 Å². The van der Waals surface area contributed by atoms with Gasteiger partial charge in [-0.15, -0.1) is 0 Å². The molecular weight excluding hydrogens is 262 g/mol. The molecule has 1 saturated carbocycles. The number of amides is 1. The molecule has 4 unspecified atom stereocenters. The van der Waals surface area contributed by atoms with Gasteiger partial charge in [0.05, 0.1) is 0 Å². The highest BCUT2D eigenvalue weighted by Crippen LogP contribution is 2.31. The van der Waals surface area contributed by atoms with Gasteiger partial charge in [-0.25, -0.2) is 0 Å². The van der Waals surface area contributed by atoms with Crippen molar-refractivity contribution in [2.45, 2.75) is 63.5 Å². The Morgan fingerprint density at radius 1 is 1.14 bits per heavy atom. The summed E-state index contributed by atoms with van der Waals surface area (Å²) in [5.41, 5.74) is 6.05. The summed E-state index contributed by atoms with van der Waals surface area (Å²) in [6.07, 6.45) is 9.08. The first-order chi connectivity index (χ1) is 10.1. The van der Waals surface area contributed by atoms with Gasteiger partial charge in [0.15, 0.2) is 0 Å². The minimum atomic E-state index is 0.328. The van der Waals surface area contributed by atoms with E-state index in [4.69, 9.17) is 5.73 Å². The smallest absolute Gasteiger partial charge is 0.222 e. The molecule has 0 spiro atoms. The third kappa shape index (κ3) is 3.59. The number of likely N-dealkylation sites (tertiary alicyclic amines) is 2. The molecule has 3 fully saturated rings. The van der Waals surface area contributed by atoms with Crippen LogP contribution >= 0.6 is 0 Å². The van der Waals surface area contributed by atoms with Crippen LogP contribution in [0.1, 0.15) is 51.4 Å². The second kappa shape index (κ2) is 6.66. The predicted molar refractivity (Wildman–Crippen MR) is 84.9 cm³/mol. The molecule has 0 aromatic carbocycles. The van der Waals surface area contributed by atoms with Crippen molar-refractivity contribution in [1.29, 1.82) is 0 Å². The van der Waals surface area contributed by atoms with Crippen molar-refractivity contribution in [3.05, 3.63) is 0 Å². The van der Waals surface area contributed by atoms with E-state index in [1.807, 2.05) is 0 Å². The van der Waals surface area contributed by atoms with Crippen LogP contribution in [0.5, 0.6) is 0 Å². The number of hydrogen-bond donors (Lipinski definition) is 1. The molecule has 4 atom stereocenters. The summed E-state index contributed by atoms with van der Waals surface area (Å²) in [6, 6.07) is 1.04. The number of carbonyl (C=O) groups excluding carboxylic acids is 1. The molecule has 2 N–H and O–H groups in total.